The maximum Gasteiger partial charge on any atom is 0.450 e. The van der Waals surface area contributed by atoms with E-state index in [-0.39, 0.29) is 22.6 Å². The van der Waals surface area contributed by atoms with E-state index in [1.54, 1.807) is 12.1 Å². The first-order chi connectivity index (χ1) is 13.8. The third kappa shape index (κ3) is 4.86. The SMILES string of the molecule is Cc1cc(NC(=O)c2cc(-c3ccc(Br)cc3)oc2C(F)(F)F)cc(C(F)(F)F)c1. The number of benzene rings is 2. The molecule has 0 aliphatic carbocycles. The van der Waals surface area contributed by atoms with Crippen LogP contribution in [0.5, 0.6) is 0 Å². The first-order valence-corrected chi connectivity index (χ1v) is 9.11. The van der Waals surface area contributed by atoms with Crippen molar-refractivity contribution in [2.75, 3.05) is 5.32 Å². The Balaban J connectivity index is 1.99. The quantitative estimate of drug-likeness (QED) is 0.390. The van der Waals surface area contributed by atoms with Crippen LogP contribution in [0, 0.1) is 6.92 Å². The summed E-state index contributed by atoms with van der Waals surface area (Å²) in [7, 11) is 0. The zero-order chi connectivity index (χ0) is 22.3. The van der Waals surface area contributed by atoms with Gasteiger partial charge in [0.2, 0.25) is 5.76 Å². The molecular formula is C20H12BrF6NO2. The van der Waals surface area contributed by atoms with E-state index in [9.17, 15) is 31.1 Å². The number of carbonyl (C=O) groups is 1. The Labute approximate surface area is 174 Å². The normalized spacial score (nSPS) is 12.1. The van der Waals surface area contributed by atoms with Gasteiger partial charge in [-0.15, -0.1) is 0 Å². The molecule has 3 nitrogen and oxygen atoms in total. The zero-order valence-corrected chi connectivity index (χ0v) is 16.7. The maximum atomic E-state index is 13.4. The smallest absolute Gasteiger partial charge is 0.450 e. The number of hydrogen-bond donors (Lipinski definition) is 1. The van der Waals surface area contributed by atoms with Crippen LogP contribution in [0.25, 0.3) is 11.3 Å². The van der Waals surface area contributed by atoms with Gasteiger partial charge in [-0.05, 0) is 48.9 Å². The van der Waals surface area contributed by atoms with Crippen molar-refractivity contribution < 1.29 is 35.6 Å². The van der Waals surface area contributed by atoms with Gasteiger partial charge in [0.1, 0.15) is 5.76 Å². The van der Waals surface area contributed by atoms with Crippen molar-refractivity contribution in [3.8, 4) is 11.3 Å². The summed E-state index contributed by atoms with van der Waals surface area (Å²) in [6.45, 7) is 1.37. The van der Waals surface area contributed by atoms with Crippen molar-refractivity contribution >= 4 is 27.5 Å². The van der Waals surface area contributed by atoms with Crippen LogP contribution < -0.4 is 5.32 Å². The molecule has 0 aliphatic rings. The number of alkyl halides is 6. The maximum absolute atomic E-state index is 13.4. The van der Waals surface area contributed by atoms with Gasteiger partial charge in [-0.1, -0.05) is 28.1 Å². The van der Waals surface area contributed by atoms with Crippen LogP contribution in [-0.4, -0.2) is 5.91 Å². The van der Waals surface area contributed by atoms with Crippen LogP contribution in [-0.2, 0) is 12.4 Å². The molecule has 3 aromatic rings. The van der Waals surface area contributed by atoms with Crippen molar-refractivity contribution in [3.63, 3.8) is 0 Å². The summed E-state index contributed by atoms with van der Waals surface area (Å²) < 4.78 is 84.7. The zero-order valence-electron chi connectivity index (χ0n) is 15.1. The molecule has 1 N–H and O–H groups in total. The van der Waals surface area contributed by atoms with E-state index in [0.29, 0.717) is 10.5 Å². The highest BCUT2D eigenvalue weighted by atomic mass is 79.9. The summed E-state index contributed by atoms with van der Waals surface area (Å²) in [5, 5.41) is 2.09. The highest BCUT2D eigenvalue weighted by Gasteiger charge is 2.40. The lowest BCUT2D eigenvalue weighted by atomic mass is 10.1. The van der Waals surface area contributed by atoms with E-state index >= 15 is 0 Å². The van der Waals surface area contributed by atoms with Crippen LogP contribution in [0.15, 0.2) is 57.4 Å². The van der Waals surface area contributed by atoms with Gasteiger partial charge in [0.15, 0.2) is 0 Å². The molecule has 1 heterocycles. The van der Waals surface area contributed by atoms with Crippen LogP contribution in [0.1, 0.15) is 27.2 Å². The molecule has 0 bridgehead atoms. The summed E-state index contributed by atoms with van der Waals surface area (Å²) in [5.41, 5.74) is -1.68. The first-order valence-electron chi connectivity index (χ1n) is 8.32. The van der Waals surface area contributed by atoms with E-state index in [4.69, 9.17) is 4.42 Å². The largest absolute Gasteiger partial charge is 0.451 e. The third-order valence-electron chi connectivity index (χ3n) is 4.03. The molecule has 0 saturated heterocycles. The topological polar surface area (TPSA) is 42.2 Å². The van der Waals surface area contributed by atoms with Gasteiger partial charge in [0.25, 0.3) is 5.91 Å². The van der Waals surface area contributed by atoms with Gasteiger partial charge < -0.3 is 9.73 Å². The summed E-state index contributed by atoms with van der Waals surface area (Å²) >= 11 is 3.20. The Bertz CT molecular complexity index is 1080. The second kappa shape index (κ2) is 7.82. The van der Waals surface area contributed by atoms with Crippen molar-refractivity contribution in [1.82, 2.24) is 0 Å². The third-order valence-corrected chi connectivity index (χ3v) is 4.55. The molecule has 1 amide bonds. The van der Waals surface area contributed by atoms with Crippen LogP contribution >= 0.6 is 15.9 Å². The molecule has 0 radical (unpaired) electrons. The highest BCUT2D eigenvalue weighted by molar-refractivity contribution is 9.10. The number of carbonyl (C=O) groups excluding carboxylic acids is 1. The molecule has 10 heteroatoms. The van der Waals surface area contributed by atoms with E-state index in [2.05, 4.69) is 21.2 Å². The number of halogens is 7. The molecule has 30 heavy (non-hydrogen) atoms. The van der Waals surface area contributed by atoms with Gasteiger partial charge >= 0.3 is 12.4 Å². The van der Waals surface area contributed by atoms with E-state index in [1.165, 1.54) is 25.1 Å². The van der Waals surface area contributed by atoms with Crippen LogP contribution in [0.4, 0.5) is 32.0 Å². The van der Waals surface area contributed by atoms with E-state index in [1.807, 2.05) is 0 Å². The lowest BCUT2D eigenvalue weighted by Crippen LogP contribution is -2.17. The number of nitrogens with one attached hydrogen (secondary N) is 1. The van der Waals surface area contributed by atoms with Crippen molar-refractivity contribution in [1.29, 1.82) is 0 Å². The summed E-state index contributed by atoms with van der Waals surface area (Å²) in [4.78, 5) is 12.5. The Morgan fingerprint density at radius 3 is 2.13 bits per heavy atom. The second-order valence-electron chi connectivity index (χ2n) is 6.40. The lowest BCUT2D eigenvalue weighted by molar-refractivity contribution is -0.153. The Morgan fingerprint density at radius 2 is 1.57 bits per heavy atom. The standard InChI is InChI=1S/C20H12BrF6NO2/c1-10-6-12(19(22,23)24)8-14(7-10)28-18(29)15-9-16(30-17(15)20(25,26)27)11-2-4-13(21)5-3-11/h2-9H,1H3,(H,28,29). The molecule has 0 spiro atoms. The predicted molar refractivity (Wildman–Crippen MR) is 101 cm³/mol. The summed E-state index contributed by atoms with van der Waals surface area (Å²) in [5.74, 6) is -2.99. The van der Waals surface area contributed by atoms with Gasteiger partial charge in [-0.25, -0.2) is 0 Å². The molecule has 0 unspecified atom stereocenters. The first kappa shape index (κ1) is 21.9. The van der Waals surface area contributed by atoms with Gasteiger partial charge in [-0.3, -0.25) is 4.79 Å². The number of hydrogen-bond acceptors (Lipinski definition) is 2. The van der Waals surface area contributed by atoms with Gasteiger partial charge in [-0.2, -0.15) is 26.3 Å². The number of rotatable bonds is 3. The molecule has 0 saturated carbocycles. The minimum absolute atomic E-state index is 0.180. The molecule has 0 atom stereocenters. The van der Waals surface area contributed by atoms with E-state index < -0.39 is 35.1 Å². The molecular weight excluding hydrogens is 480 g/mol. The fraction of sp³-hybridized carbons (Fsp3) is 0.150. The summed E-state index contributed by atoms with van der Waals surface area (Å²) in [6.07, 6.45) is -9.66. The molecule has 0 aliphatic heterocycles. The van der Waals surface area contributed by atoms with Gasteiger partial charge in [0.05, 0.1) is 11.1 Å². The van der Waals surface area contributed by atoms with Gasteiger partial charge in [0, 0.05) is 15.7 Å². The Hall–Kier alpha value is -2.75. The fourth-order valence-corrected chi connectivity index (χ4v) is 3.01. The van der Waals surface area contributed by atoms with Crippen molar-refractivity contribution in [2.24, 2.45) is 0 Å². The average molecular weight is 492 g/mol. The van der Waals surface area contributed by atoms with Crippen LogP contribution in [0.3, 0.4) is 0 Å². The molecule has 2 aromatic carbocycles. The molecule has 0 fully saturated rings. The molecule has 158 valence electrons. The van der Waals surface area contributed by atoms with Crippen LogP contribution in [0.2, 0.25) is 0 Å². The van der Waals surface area contributed by atoms with Crippen molar-refractivity contribution in [2.45, 2.75) is 19.3 Å². The Morgan fingerprint density at radius 1 is 0.933 bits per heavy atom. The number of furan rings is 1. The number of aryl methyl sites for hydroxylation is 1. The second-order valence-corrected chi connectivity index (χ2v) is 7.31. The lowest BCUT2D eigenvalue weighted by Gasteiger charge is -2.12. The molecule has 1 aromatic heterocycles. The summed E-state index contributed by atoms with van der Waals surface area (Å²) in [6, 6.07) is 9.76. The predicted octanol–water partition coefficient (Wildman–Crippen LogP) is 7.31. The average Bonchev–Trinajstić information content (AvgIpc) is 3.07. The highest BCUT2D eigenvalue weighted by Crippen LogP contribution is 2.38. The fourth-order valence-electron chi connectivity index (χ4n) is 2.74. The minimum Gasteiger partial charge on any atom is -0.451 e. The Kier molecular flexibility index (Phi) is 5.72. The molecule has 3 rings (SSSR count). The van der Waals surface area contributed by atoms with Crippen molar-refractivity contribution in [3.05, 3.63) is 75.5 Å². The monoisotopic (exact) mass is 491 g/mol. The number of amides is 1. The number of anilines is 1. The van der Waals surface area contributed by atoms with E-state index in [0.717, 1.165) is 12.1 Å². The minimum atomic E-state index is -4.98.